The molecule has 0 radical (unpaired) electrons. The first-order valence-corrected chi connectivity index (χ1v) is 20.1. The standard InChI is InChI=1S/C52H29N3OS/c1-2-15-30(16-3-1)31-17-14-18-32(29-31)47-51-48(39-25-10-13-28-42(39)57-51)54-52(53-47)55-40-26-11-8-23-37(40)45-43-35-21-6-4-19-33(35)34-20-5-7-22-36(34)44(43)46-38-24-9-12-27-41(38)56-50(46)49(45)55/h1-29H. The quantitative estimate of drug-likeness (QED) is 0.169. The molecule has 4 aromatic heterocycles. The zero-order valence-electron chi connectivity index (χ0n) is 30.4. The van der Waals surface area contributed by atoms with Crippen LogP contribution < -0.4 is 0 Å². The number of hydrogen-bond donors (Lipinski definition) is 0. The molecule has 13 aromatic rings. The summed E-state index contributed by atoms with van der Waals surface area (Å²) in [5.41, 5.74) is 8.92. The predicted octanol–water partition coefficient (Wildman–Crippen LogP) is 14.6. The van der Waals surface area contributed by atoms with E-state index in [2.05, 4.69) is 180 Å². The van der Waals surface area contributed by atoms with E-state index in [1.54, 1.807) is 11.3 Å². The molecule has 57 heavy (non-hydrogen) atoms. The van der Waals surface area contributed by atoms with E-state index in [1.165, 1.54) is 42.6 Å². The molecule has 4 nitrogen and oxygen atoms in total. The fraction of sp³-hybridized carbons (Fsp3) is 0. The Morgan fingerprint density at radius 2 is 1.04 bits per heavy atom. The predicted molar refractivity (Wildman–Crippen MR) is 240 cm³/mol. The highest BCUT2D eigenvalue weighted by molar-refractivity contribution is 7.26. The number of aromatic nitrogens is 3. The Morgan fingerprint density at radius 3 is 1.82 bits per heavy atom. The molecule has 0 bridgehead atoms. The number of fused-ring (bicyclic) bond motifs is 18. The van der Waals surface area contributed by atoms with E-state index < -0.39 is 0 Å². The summed E-state index contributed by atoms with van der Waals surface area (Å²) in [6, 6.07) is 62.7. The summed E-state index contributed by atoms with van der Waals surface area (Å²) < 4.78 is 11.6. The summed E-state index contributed by atoms with van der Waals surface area (Å²) >= 11 is 1.76. The third-order valence-corrected chi connectivity index (χ3v) is 12.9. The summed E-state index contributed by atoms with van der Waals surface area (Å²) in [5, 5.41) is 12.9. The van der Waals surface area contributed by atoms with Gasteiger partial charge in [-0.2, -0.15) is 0 Å². The Bertz CT molecular complexity index is 3820. The zero-order valence-corrected chi connectivity index (χ0v) is 31.2. The monoisotopic (exact) mass is 743 g/mol. The van der Waals surface area contributed by atoms with Crippen LogP contribution in [0.15, 0.2) is 180 Å². The van der Waals surface area contributed by atoms with Crippen LogP contribution in [0.2, 0.25) is 0 Å². The SMILES string of the molecule is c1ccc(-c2cccc(-c3nc(-n4c5ccccc5c5c6c7ccccc7c7ccccc7c6c6c7ccccc7oc6c54)nc4c3sc3ccccc34)c2)cc1. The van der Waals surface area contributed by atoms with Gasteiger partial charge in [-0.15, -0.1) is 11.3 Å². The van der Waals surface area contributed by atoms with Crippen molar-refractivity contribution in [3.63, 3.8) is 0 Å². The first-order valence-electron chi connectivity index (χ1n) is 19.3. The molecular weight excluding hydrogens is 715 g/mol. The lowest BCUT2D eigenvalue weighted by Gasteiger charge is -2.14. The summed E-state index contributed by atoms with van der Waals surface area (Å²) in [6.07, 6.45) is 0. The molecular formula is C52H29N3OS. The van der Waals surface area contributed by atoms with Crippen LogP contribution in [0.1, 0.15) is 0 Å². The number of para-hydroxylation sites is 2. The summed E-state index contributed by atoms with van der Waals surface area (Å²) in [4.78, 5) is 11.2. The molecule has 5 heteroatoms. The van der Waals surface area contributed by atoms with Crippen LogP contribution in [0.4, 0.5) is 0 Å². The van der Waals surface area contributed by atoms with Gasteiger partial charge in [-0.1, -0.05) is 152 Å². The molecule has 0 atom stereocenters. The minimum absolute atomic E-state index is 0.614. The topological polar surface area (TPSA) is 43.9 Å². The van der Waals surface area contributed by atoms with Crippen LogP contribution in [0, 0.1) is 0 Å². The fourth-order valence-electron chi connectivity index (χ4n) is 9.39. The molecule has 264 valence electrons. The molecule has 0 saturated heterocycles. The van der Waals surface area contributed by atoms with Crippen molar-refractivity contribution in [3.8, 4) is 28.3 Å². The largest absolute Gasteiger partial charge is 0.454 e. The second-order valence-electron chi connectivity index (χ2n) is 14.8. The average Bonchev–Trinajstić information content (AvgIpc) is 3.96. The van der Waals surface area contributed by atoms with Gasteiger partial charge in [-0.05, 0) is 56.9 Å². The molecule has 4 heterocycles. The Labute approximate surface area is 329 Å². The summed E-state index contributed by atoms with van der Waals surface area (Å²) in [6.45, 7) is 0. The first kappa shape index (κ1) is 30.9. The highest BCUT2D eigenvalue weighted by atomic mass is 32.1. The lowest BCUT2D eigenvalue weighted by atomic mass is 9.89. The smallest absolute Gasteiger partial charge is 0.236 e. The maximum absolute atomic E-state index is 7.07. The van der Waals surface area contributed by atoms with Crippen molar-refractivity contribution in [1.82, 2.24) is 14.5 Å². The maximum atomic E-state index is 7.07. The summed E-state index contributed by atoms with van der Waals surface area (Å²) in [7, 11) is 0. The maximum Gasteiger partial charge on any atom is 0.236 e. The van der Waals surface area contributed by atoms with Gasteiger partial charge in [0.15, 0.2) is 5.58 Å². The van der Waals surface area contributed by atoms with Gasteiger partial charge in [0, 0.05) is 48.0 Å². The van der Waals surface area contributed by atoms with Gasteiger partial charge in [0.25, 0.3) is 0 Å². The van der Waals surface area contributed by atoms with E-state index in [0.717, 1.165) is 76.2 Å². The van der Waals surface area contributed by atoms with Gasteiger partial charge in [-0.25, -0.2) is 9.97 Å². The van der Waals surface area contributed by atoms with Crippen LogP contribution >= 0.6 is 11.3 Å². The lowest BCUT2D eigenvalue weighted by Crippen LogP contribution is -2.03. The minimum atomic E-state index is 0.614. The lowest BCUT2D eigenvalue weighted by molar-refractivity contribution is 0.671. The Kier molecular flexibility index (Phi) is 6.29. The van der Waals surface area contributed by atoms with Gasteiger partial charge in [0.05, 0.1) is 21.4 Å². The molecule has 0 aliphatic rings. The summed E-state index contributed by atoms with van der Waals surface area (Å²) in [5.74, 6) is 0.614. The van der Waals surface area contributed by atoms with E-state index >= 15 is 0 Å². The van der Waals surface area contributed by atoms with Crippen molar-refractivity contribution < 1.29 is 4.42 Å². The van der Waals surface area contributed by atoms with Crippen molar-refractivity contribution in [2.45, 2.75) is 0 Å². The number of thiophene rings is 1. The van der Waals surface area contributed by atoms with E-state index in [4.69, 9.17) is 14.4 Å². The zero-order chi connectivity index (χ0) is 37.2. The van der Waals surface area contributed by atoms with Crippen LogP contribution in [-0.2, 0) is 0 Å². The fourth-order valence-corrected chi connectivity index (χ4v) is 10.5. The number of furan rings is 1. The highest BCUT2D eigenvalue weighted by Gasteiger charge is 2.27. The molecule has 0 amide bonds. The van der Waals surface area contributed by atoms with Gasteiger partial charge >= 0.3 is 0 Å². The Hall–Kier alpha value is -7.34. The molecule has 9 aromatic carbocycles. The van der Waals surface area contributed by atoms with Gasteiger partial charge < -0.3 is 4.42 Å². The second-order valence-corrected chi connectivity index (χ2v) is 15.9. The number of rotatable bonds is 3. The van der Waals surface area contributed by atoms with Gasteiger partial charge in [0.1, 0.15) is 11.1 Å². The van der Waals surface area contributed by atoms with Crippen LogP contribution in [0.3, 0.4) is 0 Å². The van der Waals surface area contributed by atoms with Crippen molar-refractivity contribution in [2.75, 3.05) is 0 Å². The number of benzene rings is 9. The van der Waals surface area contributed by atoms with Crippen molar-refractivity contribution in [2.24, 2.45) is 0 Å². The van der Waals surface area contributed by atoms with Crippen LogP contribution in [0.5, 0.6) is 0 Å². The molecule has 0 N–H and O–H groups in total. The Morgan fingerprint density at radius 1 is 0.439 bits per heavy atom. The molecule has 0 spiro atoms. The molecule has 0 unspecified atom stereocenters. The normalized spacial score (nSPS) is 12.2. The third kappa shape index (κ3) is 4.26. The molecule has 0 saturated carbocycles. The highest BCUT2D eigenvalue weighted by Crippen LogP contribution is 2.50. The molecule has 0 fully saturated rings. The van der Waals surface area contributed by atoms with Crippen molar-refractivity contribution in [1.29, 1.82) is 0 Å². The number of nitrogens with zero attached hydrogens (tertiary/aromatic N) is 3. The van der Waals surface area contributed by atoms with E-state index in [1.807, 2.05) is 0 Å². The van der Waals surface area contributed by atoms with E-state index in [0.29, 0.717) is 5.95 Å². The number of hydrogen-bond acceptors (Lipinski definition) is 4. The Balaban J connectivity index is 1.26. The van der Waals surface area contributed by atoms with Crippen molar-refractivity contribution >= 4 is 108 Å². The molecule has 0 aliphatic carbocycles. The van der Waals surface area contributed by atoms with Gasteiger partial charge in [-0.3, -0.25) is 4.57 Å². The van der Waals surface area contributed by atoms with Crippen molar-refractivity contribution in [3.05, 3.63) is 176 Å². The molecule has 13 rings (SSSR count). The van der Waals surface area contributed by atoms with Gasteiger partial charge in [0.2, 0.25) is 5.95 Å². The first-order chi connectivity index (χ1) is 28.3. The van der Waals surface area contributed by atoms with Crippen LogP contribution in [0.25, 0.3) is 125 Å². The third-order valence-electron chi connectivity index (χ3n) is 11.8. The minimum Gasteiger partial charge on any atom is -0.454 e. The average molecular weight is 744 g/mol. The van der Waals surface area contributed by atoms with E-state index in [9.17, 15) is 0 Å². The second kappa shape index (κ2) is 11.6. The molecule has 0 aliphatic heterocycles. The van der Waals surface area contributed by atoms with E-state index in [-0.39, 0.29) is 0 Å². The van der Waals surface area contributed by atoms with Crippen LogP contribution in [-0.4, -0.2) is 14.5 Å².